The average molecular weight is 631 g/mol. The molecule has 3 aliphatic rings. The van der Waals surface area contributed by atoms with Crippen molar-refractivity contribution in [3.05, 3.63) is 140 Å². The zero-order chi connectivity index (χ0) is 31.3. The van der Waals surface area contributed by atoms with E-state index in [4.69, 9.17) is 19.4 Å². The lowest BCUT2D eigenvalue weighted by Gasteiger charge is -2.38. The van der Waals surface area contributed by atoms with Gasteiger partial charge in [-0.1, -0.05) is 127 Å². The first kappa shape index (κ1) is 26.2. The highest BCUT2D eigenvalue weighted by Gasteiger charge is 2.48. The molecule has 6 heteroatoms. The van der Waals surface area contributed by atoms with Gasteiger partial charge in [0.1, 0.15) is 11.5 Å². The molecular weight excluding hydrogens is 607 g/mol. The number of fused-ring (bicyclic) bond motifs is 2. The first-order valence-corrected chi connectivity index (χ1v) is 16.9. The molecule has 0 aliphatic carbocycles. The molecule has 11 rings (SSSR count). The molecule has 222 valence electrons. The average Bonchev–Trinajstić information content (AvgIpc) is 3.15. The maximum Gasteiger partial charge on any atom is 0.268 e. The Morgan fingerprint density at radius 1 is 0.438 bits per heavy atom. The molecule has 0 amide bonds. The van der Waals surface area contributed by atoms with Gasteiger partial charge in [-0.2, -0.15) is 9.97 Å². The summed E-state index contributed by atoms with van der Waals surface area (Å²) in [7, 11) is 0. The Hall–Kier alpha value is -5.85. The van der Waals surface area contributed by atoms with Crippen LogP contribution in [0.1, 0.15) is 0 Å². The van der Waals surface area contributed by atoms with E-state index in [9.17, 15) is 0 Å². The van der Waals surface area contributed by atoms with Crippen LogP contribution < -0.4 is 25.9 Å². The number of hydrogen-bond donors (Lipinski definition) is 0. The number of benzene rings is 7. The summed E-state index contributed by atoms with van der Waals surface area (Å²) in [5.41, 5.74) is 8.50. The summed E-state index contributed by atoms with van der Waals surface area (Å²) < 4.78 is 13.9. The number of nitrogens with zero attached hydrogens (tertiary/aromatic N) is 2. The molecule has 0 fully saturated rings. The van der Waals surface area contributed by atoms with Gasteiger partial charge < -0.3 is 9.47 Å². The van der Waals surface area contributed by atoms with Crippen molar-refractivity contribution < 1.29 is 9.47 Å². The van der Waals surface area contributed by atoms with Gasteiger partial charge in [0.15, 0.2) is 5.82 Å². The third kappa shape index (κ3) is 3.63. The van der Waals surface area contributed by atoms with Crippen LogP contribution in [-0.2, 0) is 0 Å². The van der Waals surface area contributed by atoms with Crippen LogP contribution >= 0.6 is 11.8 Å². The molecule has 0 unspecified atom stereocenters. The van der Waals surface area contributed by atoms with Gasteiger partial charge in [-0.3, -0.25) is 0 Å². The fraction of sp³-hybridized carbons (Fsp3) is 0. The summed E-state index contributed by atoms with van der Waals surface area (Å²) >= 11 is 1.78. The normalized spacial score (nSPS) is 13.2. The first-order valence-electron chi connectivity index (χ1n) is 16.1. The molecular formula is C42H23BN2O2S. The van der Waals surface area contributed by atoms with Crippen molar-refractivity contribution in [2.45, 2.75) is 9.79 Å². The third-order valence-corrected chi connectivity index (χ3v) is 11.0. The lowest BCUT2D eigenvalue weighted by Crippen LogP contribution is -2.60. The van der Waals surface area contributed by atoms with Gasteiger partial charge in [0.2, 0.25) is 11.8 Å². The quantitative estimate of drug-likeness (QED) is 0.182. The highest BCUT2D eigenvalue weighted by atomic mass is 32.2. The molecule has 0 saturated heterocycles. The molecule has 3 aliphatic heterocycles. The van der Waals surface area contributed by atoms with Crippen LogP contribution in [0.25, 0.3) is 55.2 Å². The largest absolute Gasteiger partial charge is 0.439 e. The summed E-state index contributed by atoms with van der Waals surface area (Å²) in [4.78, 5) is 12.6. The molecule has 48 heavy (non-hydrogen) atoms. The standard InChI is InChI=1S/C42H23BN2O2S/c1-2-12-26(13-3-1)40-44-41-37-42(45-40)47-39-32(30-19-9-15-25-11-5-7-17-28(25)30)21-23-34-36(39)43(37)35-33(48-34)22-20-31(38(35)46-41)29-18-8-14-24-10-4-6-16-27(24)29/h1-23H. The van der Waals surface area contributed by atoms with Crippen LogP contribution in [0.5, 0.6) is 23.3 Å². The lowest BCUT2D eigenvalue weighted by atomic mass is 9.35. The maximum absolute atomic E-state index is 6.97. The fourth-order valence-corrected chi connectivity index (χ4v) is 8.90. The van der Waals surface area contributed by atoms with E-state index in [1.54, 1.807) is 11.8 Å². The monoisotopic (exact) mass is 630 g/mol. The molecule has 7 aromatic carbocycles. The van der Waals surface area contributed by atoms with Crippen LogP contribution in [0.4, 0.5) is 0 Å². The number of hydrogen-bond acceptors (Lipinski definition) is 5. The van der Waals surface area contributed by atoms with Gasteiger partial charge >= 0.3 is 0 Å². The molecule has 0 spiro atoms. The van der Waals surface area contributed by atoms with Crippen molar-refractivity contribution in [3.8, 4) is 56.9 Å². The molecule has 8 aromatic rings. The van der Waals surface area contributed by atoms with Gasteiger partial charge in [0, 0.05) is 26.5 Å². The summed E-state index contributed by atoms with van der Waals surface area (Å²) in [5.74, 6) is 3.38. The van der Waals surface area contributed by atoms with Crippen molar-refractivity contribution in [1.29, 1.82) is 0 Å². The predicted molar refractivity (Wildman–Crippen MR) is 195 cm³/mol. The van der Waals surface area contributed by atoms with Crippen molar-refractivity contribution in [3.63, 3.8) is 0 Å². The number of aromatic nitrogens is 2. The van der Waals surface area contributed by atoms with Crippen molar-refractivity contribution >= 4 is 56.4 Å². The van der Waals surface area contributed by atoms with Crippen molar-refractivity contribution in [2.24, 2.45) is 0 Å². The van der Waals surface area contributed by atoms with Crippen molar-refractivity contribution in [1.82, 2.24) is 9.97 Å². The van der Waals surface area contributed by atoms with E-state index in [1.807, 2.05) is 30.3 Å². The molecule has 0 bridgehead atoms. The van der Waals surface area contributed by atoms with E-state index in [0.29, 0.717) is 17.6 Å². The Morgan fingerprint density at radius 3 is 1.50 bits per heavy atom. The Labute approximate surface area is 281 Å². The molecule has 4 nitrogen and oxygen atoms in total. The molecule has 0 N–H and O–H groups in total. The second-order valence-electron chi connectivity index (χ2n) is 12.4. The SMILES string of the molecule is c1ccc(-c2nc3c4c(n2)Oc2c(-c5cccc6ccccc56)ccc5c2B4c2c(ccc(-c4cccc6ccccc46)c2O3)S5)cc1. The highest BCUT2D eigenvalue weighted by molar-refractivity contribution is 8.00. The first-order chi connectivity index (χ1) is 23.8. The minimum absolute atomic E-state index is 0.136. The van der Waals surface area contributed by atoms with Crippen LogP contribution in [0.15, 0.2) is 149 Å². The summed E-state index contributed by atoms with van der Waals surface area (Å²) in [6.45, 7) is -0.136. The molecule has 0 radical (unpaired) electrons. The summed E-state index contributed by atoms with van der Waals surface area (Å²) in [6, 6.07) is 49.0. The minimum Gasteiger partial charge on any atom is -0.439 e. The van der Waals surface area contributed by atoms with E-state index < -0.39 is 0 Å². The van der Waals surface area contributed by atoms with E-state index in [-0.39, 0.29) is 6.71 Å². The second-order valence-corrected chi connectivity index (χ2v) is 13.5. The molecule has 0 saturated carbocycles. The van der Waals surface area contributed by atoms with E-state index in [0.717, 1.165) is 55.7 Å². The maximum atomic E-state index is 6.97. The highest BCUT2D eigenvalue weighted by Crippen LogP contribution is 2.49. The Balaban J connectivity index is 1.22. The minimum atomic E-state index is -0.136. The van der Waals surface area contributed by atoms with Crippen LogP contribution in [0.3, 0.4) is 0 Å². The zero-order valence-corrected chi connectivity index (χ0v) is 26.3. The van der Waals surface area contributed by atoms with Gasteiger partial charge in [0.05, 0.1) is 5.46 Å². The van der Waals surface area contributed by atoms with Gasteiger partial charge in [-0.05, 0) is 67.9 Å². The Morgan fingerprint density at radius 2 is 0.938 bits per heavy atom. The van der Waals surface area contributed by atoms with E-state index in [2.05, 4.69) is 109 Å². The summed E-state index contributed by atoms with van der Waals surface area (Å²) in [5, 5.41) is 4.77. The third-order valence-electron chi connectivity index (χ3n) is 9.86. The van der Waals surface area contributed by atoms with Gasteiger partial charge in [-0.15, -0.1) is 0 Å². The number of rotatable bonds is 3. The number of ether oxygens (including phenoxy) is 2. The smallest absolute Gasteiger partial charge is 0.268 e. The Bertz CT molecular complexity index is 2510. The van der Waals surface area contributed by atoms with Crippen LogP contribution in [0.2, 0.25) is 0 Å². The van der Waals surface area contributed by atoms with Gasteiger partial charge in [-0.25, -0.2) is 0 Å². The lowest BCUT2D eigenvalue weighted by molar-refractivity contribution is 0.440. The molecule has 1 aromatic heterocycles. The predicted octanol–water partition coefficient (Wildman–Crippen LogP) is 8.98. The van der Waals surface area contributed by atoms with Crippen LogP contribution in [0, 0.1) is 0 Å². The van der Waals surface area contributed by atoms with Crippen molar-refractivity contribution in [2.75, 3.05) is 0 Å². The molecule has 4 heterocycles. The topological polar surface area (TPSA) is 44.2 Å². The van der Waals surface area contributed by atoms with E-state index in [1.165, 1.54) is 31.3 Å². The van der Waals surface area contributed by atoms with Crippen LogP contribution in [-0.4, -0.2) is 16.7 Å². The van der Waals surface area contributed by atoms with Gasteiger partial charge in [0.25, 0.3) is 6.71 Å². The van der Waals surface area contributed by atoms with E-state index >= 15 is 0 Å². The fourth-order valence-electron chi connectivity index (χ4n) is 7.75. The Kier molecular flexibility index (Phi) is 5.38. The summed E-state index contributed by atoms with van der Waals surface area (Å²) in [6.07, 6.45) is 0. The molecule has 0 atom stereocenters. The zero-order valence-electron chi connectivity index (χ0n) is 25.5. The second kappa shape index (κ2) is 9.83.